The van der Waals surface area contributed by atoms with E-state index in [4.69, 9.17) is 26.2 Å². The number of unbranched alkanes of at least 4 members (excludes halogenated alkanes) is 1. The highest BCUT2D eigenvalue weighted by Gasteiger charge is 2.15. The van der Waals surface area contributed by atoms with E-state index in [1.807, 2.05) is 6.92 Å². The zero-order valence-electron chi connectivity index (χ0n) is 11.7. The molecule has 0 fully saturated rings. The first-order valence-corrected chi connectivity index (χ1v) is 8.35. The number of rotatable bonds is 8. The normalized spacial score (nSPS) is 11.4. The molecule has 2 N–H and O–H groups in total. The van der Waals surface area contributed by atoms with Crippen LogP contribution >= 0.6 is 11.6 Å². The molecule has 21 heavy (non-hydrogen) atoms. The largest absolute Gasteiger partial charge is 0.460 e. The summed E-state index contributed by atoms with van der Waals surface area (Å²) in [4.78, 5) is 11.6. The van der Waals surface area contributed by atoms with Crippen LogP contribution in [0.1, 0.15) is 30.1 Å². The van der Waals surface area contributed by atoms with E-state index in [0.717, 1.165) is 18.9 Å². The molecule has 0 radical (unpaired) electrons. The van der Waals surface area contributed by atoms with Crippen LogP contribution in [0.2, 0.25) is 5.02 Å². The second-order valence-electron chi connectivity index (χ2n) is 4.32. The number of ether oxygens (including phenoxy) is 2. The van der Waals surface area contributed by atoms with Crippen molar-refractivity contribution in [3.63, 3.8) is 0 Å². The number of hydrogen-bond acceptors (Lipinski definition) is 5. The van der Waals surface area contributed by atoms with Crippen LogP contribution in [0.5, 0.6) is 0 Å². The quantitative estimate of drug-likeness (QED) is 0.578. The SMILES string of the molecule is CCCCOCCOC(=O)c1cc(Cl)cc(S(N)(=O)=O)c1. The van der Waals surface area contributed by atoms with E-state index in [2.05, 4.69) is 0 Å². The molecule has 118 valence electrons. The third-order valence-corrected chi connectivity index (χ3v) is 3.65. The van der Waals surface area contributed by atoms with Crippen LogP contribution in [0.3, 0.4) is 0 Å². The number of carbonyl (C=O) groups is 1. The third kappa shape index (κ3) is 6.43. The van der Waals surface area contributed by atoms with Gasteiger partial charge in [-0.1, -0.05) is 24.9 Å². The fraction of sp³-hybridized carbons (Fsp3) is 0.462. The van der Waals surface area contributed by atoms with E-state index >= 15 is 0 Å². The van der Waals surface area contributed by atoms with E-state index in [9.17, 15) is 13.2 Å². The molecule has 1 aromatic rings. The van der Waals surface area contributed by atoms with Gasteiger partial charge in [-0.2, -0.15) is 0 Å². The predicted molar refractivity (Wildman–Crippen MR) is 78.8 cm³/mol. The predicted octanol–water partition coefficient (Wildman–Crippen LogP) is 1.96. The van der Waals surface area contributed by atoms with Crippen LogP contribution in [0.15, 0.2) is 23.1 Å². The monoisotopic (exact) mass is 335 g/mol. The van der Waals surface area contributed by atoms with Crippen LogP contribution < -0.4 is 5.14 Å². The molecular formula is C13H18ClNO5S. The number of esters is 1. The number of primary sulfonamides is 1. The molecule has 0 heterocycles. The summed E-state index contributed by atoms with van der Waals surface area (Å²) < 4.78 is 32.8. The highest BCUT2D eigenvalue weighted by atomic mass is 35.5. The highest BCUT2D eigenvalue weighted by Crippen LogP contribution is 2.18. The van der Waals surface area contributed by atoms with Crippen LogP contribution in [0, 0.1) is 0 Å². The van der Waals surface area contributed by atoms with Crippen LogP contribution in [0.25, 0.3) is 0 Å². The summed E-state index contributed by atoms with van der Waals surface area (Å²) in [5.74, 6) is -0.679. The van der Waals surface area contributed by atoms with Gasteiger partial charge in [-0.05, 0) is 24.6 Å². The first kappa shape index (κ1) is 17.9. The number of carbonyl (C=O) groups excluding carboxylic acids is 1. The fourth-order valence-electron chi connectivity index (χ4n) is 1.47. The summed E-state index contributed by atoms with van der Waals surface area (Å²) >= 11 is 5.77. The van der Waals surface area contributed by atoms with Crippen molar-refractivity contribution in [3.8, 4) is 0 Å². The summed E-state index contributed by atoms with van der Waals surface area (Å²) in [5.41, 5.74) is 0.0279. The van der Waals surface area contributed by atoms with Gasteiger partial charge < -0.3 is 9.47 Å². The van der Waals surface area contributed by atoms with Gasteiger partial charge in [0, 0.05) is 11.6 Å². The topological polar surface area (TPSA) is 95.7 Å². The van der Waals surface area contributed by atoms with Gasteiger partial charge in [-0.25, -0.2) is 18.4 Å². The van der Waals surface area contributed by atoms with E-state index in [1.54, 1.807) is 0 Å². The Balaban J connectivity index is 2.60. The standard InChI is InChI=1S/C13H18ClNO5S/c1-2-3-4-19-5-6-20-13(16)10-7-11(14)9-12(8-10)21(15,17)18/h7-9H,2-6H2,1H3,(H2,15,17,18). The van der Waals surface area contributed by atoms with Gasteiger partial charge in [0.15, 0.2) is 0 Å². The lowest BCUT2D eigenvalue weighted by Gasteiger charge is -2.07. The van der Waals surface area contributed by atoms with Crippen molar-refractivity contribution < 1.29 is 22.7 Å². The molecule has 0 saturated heterocycles. The highest BCUT2D eigenvalue weighted by molar-refractivity contribution is 7.89. The molecule has 0 bridgehead atoms. The Morgan fingerprint density at radius 2 is 1.95 bits per heavy atom. The Morgan fingerprint density at radius 3 is 2.57 bits per heavy atom. The van der Waals surface area contributed by atoms with E-state index in [1.165, 1.54) is 12.1 Å². The zero-order valence-corrected chi connectivity index (χ0v) is 13.2. The zero-order chi connectivity index (χ0) is 15.9. The maximum Gasteiger partial charge on any atom is 0.338 e. The molecule has 0 spiro atoms. The molecule has 0 amide bonds. The van der Waals surface area contributed by atoms with Crippen molar-refractivity contribution in [1.29, 1.82) is 0 Å². The van der Waals surface area contributed by atoms with Crippen molar-refractivity contribution >= 4 is 27.6 Å². The molecule has 6 nitrogen and oxygen atoms in total. The van der Waals surface area contributed by atoms with Gasteiger partial charge in [0.2, 0.25) is 10.0 Å². The molecule has 0 aliphatic heterocycles. The van der Waals surface area contributed by atoms with Crippen molar-refractivity contribution in [3.05, 3.63) is 28.8 Å². The molecule has 0 saturated carbocycles. The minimum atomic E-state index is -3.93. The van der Waals surface area contributed by atoms with Crippen molar-refractivity contribution in [1.82, 2.24) is 0 Å². The van der Waals surface area contributed by atoms with Crippen molar-refractivity contribution in [2.75, 3.05) is 19.8 Å². The Kier molecular flexibility index (Phi) is 7.10. The molecule has 8 heteroatoms. The molecule has 0 aliphatic rings. The van der Waals surface area contributed by atoms with Crippen molar-refractivity contribution in [2.24, 2.45) is 5.14 Å². The molecule has 0 aromatic heterocycles. The van der Waals surface area contributed by atoms with Gasteiger partial charge >= 0.3 is 5.97 Å². The summed E-state index contributed by atoms with van der Waals surface area (Å²) in [7, 11) is -3.93. The van der Waals surface area contributed by atoms with Crippen LogP contribution in [-0.4, -0.2) is 34.2 Å². The number of halogens is 1. The summed E-state index contributed by atoms with van der Waals surface area (Å²) in [6.45, 7) is 3.03. The molecular weight excluding hydrogens is 318 g/mol. The summed E-state index contributed by atoms with van der Waals surface area (Å²) in [6, 6.07) is 3.61. The van der Waals surface area contributed by atoms with Crippen LogP contribution in [0.4, 0.5) is 0 Å². The second kappa shape index (κ2) is 8.33. The van der Waals surface area contributed by atoms with E-state index < -0.39 is 16.0 Å². The maximum atomic E-state index is 11.8. The molecule has 0 aliphatic carbocycles. The Bertz CT molecular complexity index is 588. The Morgan fingerprint density at radius 1 is 1.24 bits per heavy atom. The molecule has 1 aromatic carbocycles. The summed E-state index contributed by atoms with van der Waals surface area (Å²) in [5, 5.41) is 5.09. The fourth-order valence-corrected chi connectivity index (χ4v) is 2.35. The average Bonchev–Trinajstić information content (AvgIpc) is 2.40. The first-order valence-electron chi connectivity index (χ1n) is 6.43. The van der Waals surface area contributed by atoms with E-state index in [-0.39, 0.29) is 28.7 Å². The Hall–Kier alpha value is -1.15. The van der Waals surface area contributed by atoms with Gasteiger partial charge in [0.25, 0.3) is 0 Å². The number of nitrogens with two attached hydrogens (primary N) is 1. The lowest BCUT2D eigenvalue weighted by atomic mass is 10.2. The second-order valence-corrected chi connectivity index (χ2v) is 6.32. The molecule has 0 unspecified atom stereocenters. The van der Waals surface area contributed by atoms with E-state index in [0.29, 0.717) is 6.61 Å². The minimum absolute atomic E-state index is 0.0279. The van der Waals surface area contributed by atoms with Crippen LogP contribution in [-0.2, 0) is 19.5 Å². The lowest BCUT2D eigenvalue weighted by Crippen LogP contribution is -2.15. The third-order valence-electron chi connectivity index (χ3n) is 2.54. The molecule has 1 rings (SSSR count). The van der Waals surface area contributed by atoms with Crippen molar-refractivity contribution in [2.45, 2.75) is 24.7 Å². The maximum absolute atomic E-state index is 11.8. The number of sulfonamides is 1. The average molecular weight is 336 g/mol. The Labute approximate surface area is 129 Å². The molecule has 0 atom stereocenters. The minimum Gasteiger partial charge on any atom is -0.460 e. The van der Waals surface area contributed by atoms with Gasteiger partial charge in [-0.3, -0.25) is 0 Å². The van der Waals surface area contributed by atoms with Gasteiger partial charge in [-0.15, -0.1) is 0 Å². The lowest BCUT2D eigenvalue weighted by molar-refractivity contribution is 0.0313. The van der Waals surface area contributed by atoms with Gasteiger partial charge in [0.1, 0.15) is 6.61 Å². The summed E-state index contributed by atoms with van der Waals surface area (Å²) in [6.07, 6.45) is 1.97. The number of benzene rings is 1. The first-order chi connectivity index (χ1) is 9.84. The van der Waals surface area contributed by atoms with Gasteiger partial charge in [0.05, 0.1) is 17.1 Å². The number of hydrogen-bond donors (Lipinski definition) is 1. The smallest absolute Gasteiger partial charge is 0.338 e.